The maximum atomic E-state index is 12.0. The summed E-state index contributed by atoms with van der Waals surface area (Å²) in [7, 11) is 0. The molecule has 2 heterocycles. The van der Waals surface area contributed by atoms with Crippen LogP contribution in [0.25, 0.3) is 6.08 Å². The summed E-state index contributed by atoms with van der Waals surface area (Å²) in [6.45, 7) is 0. The third-order valence-corrected chi connectivity index (χ3v) is 3.81. The number of rotatable bonds is 6. The van der Waals surface area contributed by atoms with E-state index in [1.54, 1.807) is 24.5 Å². The first-order valence-corrected chi connectivity index (χ1v) is 8.01. The van der Waals surface area contributed by atoms with Crippen molar-refractivity contribution in [2.24, 2.45) is 0 Å². The number of halogens is 1. The van der Waals surface area contributed by atoms with Crippen molar-refractivity contribution in [3.05, 3.63) is 77.2 Å². The van der Waals surface area contributed by atoms with Gasteiger partial charge in [0.1, 0.15) is 0 Å². The zero-order chi connectivity index (χ0) is 17.5. The van der Waals surface area contributed by atoms with Crippen molar-refractivity contribution >= 4 is 29.3 Å². The number of aromatic nitrogens is 3. The van der Waals surface area contributed by atoms with Gasteiger partial charge in [-0.25, -0.2) is 0 Å². The fourth-order valence-electron chi connectivity index (χ4n) is 2.17. The van der Waals surface area contributed by atoms with Crippen molar-refractivity contribution in [1.29, 1.82) is 0 Å². The van der Waals surface area contributed by atoms with E-state index in [0.29, 0.717) is 28.6 Å². The zero-order valence-corrected chi connectivity index (χ0v) is 14.0. The molecule has 0 spiro atoms. The van der Waals surface area contributed by atoms with Crippen LogP contribution >= 0.6 is 11.6 Å². The number of benzene rings is 1. The predicted octanol–water partition coefficient (Wildman–Crippen LogP) is 3.56. The zero-order valence-electron chi connectivity index (χ0n) is 13.2. The van der Waals surface area contributed by atoms with Crippen molar-refractivity contribution in [3.63, 3.8) is 0 Å². The Labute approximate surface area is 149 Å². The molecule has 0 fully saturated rings. The molecule has 126 valence electrons. The number of hydrogen-bond acceptors (Lipinski definition) is 5. The van der Waals surface area contributed by atoms with E-state index in [0.717, 1.165) is 12.0 Å². The Morgan fingerprint density at radius 3 is 2.76 bits per heavy atom. The molecule has 1 N–H and O–H groups in total. The Morgan fingerprint density at radius 1 is 1.20 bits per heavy atom. The van der Waals surface area contributed by atoms with Gasteiger partial charge in [0.2, 0.25) is 18.2 Å². The Bertz CT molecular complexity index is 861. The number of hydrogen-bond donors (Lipinski definition) is 1. The van der Waals surface area contributed by atoms with Crippen LogP contribution in [0.4, 0.5) is 5.69 Å². The van der Waals surface area contributed by atoms with Crippen LogP contribution < -0.4 is 5.32 Å². The molecule has 0 radical (unpaired) electrons. The minimum absolute atomic E-state index is 0.237. The summed E-state index contributed by atoms with van der Waals surface area (Å²) in [6, 6.07) is 9.28. The number of pyridine rings is 1. The Hall–Kier alpha value is -2.99. The molecule has 0 atom stereocenters. The molecule has 0 aliphatic carbocycles. The summed E-state index contributed by atoms with van der Waals surface area (Å²) < 4.78 is 5.10. The molecule has 3 aromatic rings. The van der Waals surface area contributed by atoms with Gasteiger partial charge in [-0.15, -0.1) is 10.2 Å². The molecule has 0 aliphatic rings. The van der Waals surface area contributed by atoms with E-state index < -0.39 is 0 Å². The number of anilines is 1. The number of nitrogens with one attached hydrogen (secondary N) is 1. The summed E-state index contributed by atoms with van der Waals surface area (Å²) in [5, 5.41) is 10.8. The molecule has 3 rings (SSSR count). The van der Waals surface area contributed by atoms with E-state index in [4.69, 9.17) is 16.0 Å². The first kappa shape index (κ1) is 16.9. The highest BCUT2D eigenvalue weighted by atomic mass is 35.5. The van der Waals surface area contributed by atoms with Gasteiger partial charge < -0.3 is 9.73 Å². The minimum atomic E-state index is -0.237. The smallest absolute Gasteiger partial charge is 0.248 e. The van der Waals surface area contributed by atoms with Gasteiger partial charge >= 0.3 is 0 Å². The molecule has 1 amide bonds. The Balaban J connectivity index is 1.54. The highest BCUT2D eigenvalue weighted by Crippen LogP contribution is 2.15. The quantitative estimate of drug-likeness (QED) is 0.684. The lowest BCUT2D eigenvalue weighted by atomic mass is 10.1. The van der Waals surface area contributed by atoms with Gasteiger partial charge in [-0.2, -0.15) is 0 Å². The molecular formula is C18H15ClN4O2. The molecule has 0 saturated heterocycles. The summed E-state index contributed by atoms with van der Waals surface area (Å²) >= 11 is 6.01. The number of carbonyl (C=O) groups is 1. The molecule has 2 aromatic heterocycles. The molecule has 0 bridgehead atoms. The van der Waals surface area contributed by atoms with Crippen LogP contribution in [0.15, 0.2) is 59.6 Å². The average molecular weight is 355 g/mol. The lowest BCUT2D eigenvalue weighted by Crippen LogP contribution is -2.07. The molecule has 0 unspecified atom stereocenters. The SMILES string of the molecule is O=C(/C=C/c1cnccc1Cl)Nc1ccc(CCc2nnco2)cc1. The van der Waals surface area contributed by atoms with Crippen molar-refractivity contribution in [2.75, 3.05) is 5.32 Å². The highest BCUT2D eigenvalue weighted by molar-refractivity contribution is 6.32. The lowest BCUT2D eigenvalue weighted by molar-refractivity contribution is -0.111. The van der Waals surface area contributed by atoms with Gasteiger partial charge in [0.15, 0.2) is 0 Å². The van der Waals surface area contributed by atoms with Crippen LogP contribution in [0, 0.1) is 0 Å². The van der Waals surface area contributed by atoms with E-state index in [2.05, 4.69) is 20.5 Å². The lowest BCUT2D eigenvalue weighted by Gasteiger charge is -2.04. The average Bonchev–Trinajstić information content (AvgIpc) is 3.14. The molecule has 1 aromatic carbocycles. The third-order valence-electron chi connectivity index (χ3n) is 3.46. The first-order chi connectivity index (χ1) is 12.2. The minimum Gasteiger partial charge on any atom is -0.428 e. The fourth-order valence-corrected chi connectivity index (χ4v) is 2.34. The van der Waals surface area contributed by atoms with Crippen molar-refractivity contribution < 1.29 is 9.21 Å². The molecule has 0 aliphatic heterocycles. The summed E-state index contributed by atoms with van der Waals surface area (Å²) in [6.07, 6.45) is 9.04. The molecular weight excluding hydrogens is 340 g/mol. The van der Waals surface area contributed by atoms with E-state index in [9.17, 15) is 4.79 Å². The maximum Gasteiger partial charge on any atom is 0.248 e. The van der Waals surface area contributed by atoms with Crippen LogP contribution in [0.2, 0.25) is 5.02 Å². The van der Waals surface area contributed by atoms with E-state index >= 15 is 0 Å². The van der Waals surface area contributed by atoms with Gasteiger partial charge in [0.25, 0.3) is 0 Å². The monoisotopic (exact) mass is 354 g/mol. The van der Waals surface area contributed by atoms with E-state index in [-0.39, 0.29) is 5.91 Å². The Morgan fingerprint density at radius 2 is 2.04 bits per heavy atom. The predicted molar refractivity (Wildman–Crippen MR) is 95.1 cm³/mol. The summed E-state index contributed by atoms with van der Waals surface area (Å²) in [4.78, 5) is 15.9. The second-order valence-electron chi connectivity index (χ2n) is 5.25. The van der Waals surface area contributed by atoms with Crippen LogP contribution in [-0.4, -0.2) is 21.1 Å². The normalized spacial score (nSPS) is 10.9. The Kier molecular flexibility index (Phi) is 5.53. The van der Waals surface area contributed by atoms with Gasteiger partial charge in [-0.3, -0.25) is 9.78 Å². The third kappa shape index (κ3) is 4.99. The van der Waals surface area contributed by atoms with Crippen LogP contribution in [0.5, 0.6) is 0 Å². The largest absolute Gasteiger partial charge is 0.428 e. The second kappa shape index (κ2) is 8.21. The second-order valence-corrected chi connectivity index (χ2v) is 5.66. The molecule has 7 heteroatoms. The summed E-state index contributed by atoms with van der Waals surface area (Å²) in [5.41, 5.74) is 2.53. The van der Waals surface area contributed by atoms with E-state index in [1.165, 1.54) is 12.5 Å². The molecule has 25 heavy (non-hydrogen) atoms. The number of nitrogens with zero attached hydrogens (tertiary/aromatic N) is 3. The highest BCUT2D eigenvalue weighted by Gasteiger charge is 2.02. The van der Waals surface area contributed by atoms with Gasteiger partial charge in [-0.05, 0) is 36.3 Å². The number of carbonyl (C=O) groups excluding carboxylic acids is 1. The first-order valence-electron chi connectivity index (χ1n) is 7.63. The van der Waals surface area contributed by atoms with Crippen LogP contribution in [-0.2, 0) is 17.6 Å². The van der Waals surface area contributed by atoms with Gasteiger partial charge in [-0.1, -0.05) is 23.7 Å². The molecule has 0 saturated carbocycles. The number of amides is 1. The van der Waals surface area contributed by atoms with Gasteiger partial charge in [0.05, 0.1) is 5.02 Å². The standard InChI is InChI=1S/C18H15ClN4O2/c19-16-9-10-20-11-14(16)4-7-17(24)22-15-5-1-13(2-6-15)3-8-18-23-21-12-25-18/h1-2,4-7,9-12H,3,8H2,(H,22,24)/b7-4+. The van der Waals surface area contributed by atoms with Crippen molar-refractivity contribution in [3.8, 4) is 0 Å². The molecule has 6 nitrogen and oxygen atoms in total. The summed E-state index contributed by atoms with van der Waals surface area (Å²) in [5.74, 6) is 0.370. The maximum absolute atomic E-state index is 12.0. The van der Waals surface area contributed by atoms with E-state index in [1.807, 2.05) is 24.3 Å². The topological polar surface area (TPSA) is 80.9 Å². The number of aryl methyl sites for hydroxylation is 2. The van der Waals surface area contributed by atoms with Crippen molar-refractivity contribution in [1.82, 2.24) is 15.2 Å². The van der Waals surface area contributed by atoms with Crippen LogP contribution in [0.3, 0.4) is 0 Å². The van der Waals surface area contributed by atoms with Crippen LogP contribution in [0.1, 0.15) is 17.0 Å². The van der Waals surface area contributed by atoms with Crippen molar-refractivity contribution in [2.45, 2.75) is 12.8 Å². The fraction of sp³-hybridized carbons (Fsp3) is 0.111. The van der Waals surface area contributed by atoms with Gasteiger partial charge in [0, 0.05) is 36.1 Å².